The first kappa shape index (κ1) is 35.1. The van der Waals surface area contributed by atoms with Crippen LogP contribution in [0, 0.1) is 10.8 Å². The van der Waals surface area contributed by atoms with Gasteiger partial charge in [0, 0.05) is 44.3 Å². The highest BCUT2D eigenvalue weighted by Crippen LogP contribution is 2.41. The Kier molecular flexibility index (Phi) is 10.6. The summed E-state index contributed by atoms with van der Waals surface area (Å²) in [6.07, 6.45) is 9.25. The summed E-state index contributed by atoms with van der Waals surface area (Å²) in [4.78, 5) is 22.7. The van der Waals surface area contributed by atoms with Crippen LogP contribution in [0.1, 0.15) is 74.1 Å². The number of nitrogens with zero attached hydrogens (tertiary/aromatic N) is 4. The molecular weight excluding hydrogens is 732 g/mol. The van der Waals surface area contributed by atoms with Crippen LogP contribution < -0.4 is 22.5 Å². The van der Waals surface area contributed by atoms with E-state index in [-0.39, 0.29) is 40.7 Å². The summed E-state index contributed by atoms with van der Waals surface area (Å²) in [6, 6.07) is 3.90. The van der Waals surface area contributed by atoms with E-state index >= 15 is 0 Å². The second-order valence-electron chi connectivity index (χ2n) is 12.6. The van der Waals surface area contributed by atoms with Gasteiger partial charge in [0.1, 0.15) is 0 Å². The SMILES string of the molecule is CC1(C)C(N)CCC1O.CC1(C)C(O)CCC1Nc1c(C(N)=O)cnn2cc(Br)cc12.NC(=O)c1cnn2cc(Br)cc2c1Cl. The molecule has 12 nitrogen and oxygen atoms in total. The number of rotatable bonds is 4. The molecule has 4 aromatic rings. The van der Waals surface area contributed by atoms with Gasteiger partial charge in [0.25, 0.3) is 11.8 Å². The van der Waals surface area contributed by atoms with Gasteiger partial charge in [-0.2, -0.15) is 10.2 Å². The lowest BCUT2D eigenvalue weighted by Crippen LogP contribution is -2.38. The average molecular weight is 771 g/mol. The number of nitrogens with two attached hydrogens (primary N) is 3. The molecule has 0 radical (unpaired) electrons. The molecular formula is C30H39Br2ClN8O4. The fourth-order valence-electron chi connectivity index (χ4n) is 5.59. The van der Waals surface area contributed by atoms with E-state index in [4.69, 9.17) is 28.8 Å². The predicted molar refractivity (Wildman–Crippen MR) is 181 cm³/mol. The molecule has 0 aromatic carbocycles. The number of carbonyl (C=O) groups is 2. The molecule has 0 saturated heterocycles. The highest BCUT2D eigenvalue weighted by Gasteiger charge is 2.43. The van der Waals surface area contributed by atoms with Crippen molar-refractivity contribution in [2.75, 3.05) is 5.32 Å². The van der Waals surface area contributed by atoms with E-state index < -0.39 is 11.8 Å². The Bertz CT molecular complexity index is 1710. The largest absolute Gasteiger partial charge is 0.393 e. The molecule has 0 spiro atoms. The molecule has 244 valence electrons. The van der Waals surface area contributed by atoms with Crippen LogP contribution in [-0.2, 0) is 0 Å². The fourth-order valence-corrected chi connectivity index (χ4v) is 6.70. The van der Waals surface area contributed by atoms with Crippen molar-refractivity contribution in [1.82, 2.24) is 19.2 Å². The maximum atomic E-state index is 11.7. The predicted octanol–water partition coefficient (Wildman–Crippen LogP) is 4.50. The second-order valence-corrected chi connectivity index (χ2v) is 14.9. The number of halogens is 3. The van der Waals surface area contributed by atoms with Crippen LogP contribution in [0.2, 0.25) is 5.02 Å². The van der Waals surface area contributed by atoms with Gasteiger partial charge in [0.05, 0.1) is 57.5 Å². The fraction of sp³-hybridized carbons (Fsp3) is 0.467. The van der Waals surface area contributed by atoms with E-state index in [0.29, 0.717) is 21.8 Å². The Balaban J connectivity index is 0.000000171. The molecule has 9 N–H and O–H groups in total. The van der Waals surface area contributed by atoms with Crippen molar-refractivity contribution >= 4 is 72.0 Å². The summed E-state index contributed by atoms with van der Waals surface area (Å²) in [5, 5.41) is 31.4. The monoisotopic (exact) mass is 768 g/mol. The second kappa shape index (κ2) is 13.5. The summed E-state index contributed by atoms with van der Waals surface area (Å²) >= 11 is 12.7. The third-order valence-electron chi connectivity index (χ3n) is 9.04. The number of aromatic nitrogens is 4. The number of anilines is 1. The summed E-state index contributed by atoms with van der Waals surface area (Å²) in [5.41, 5.74) is 18.7. The number of aliphatic hydroxyl groups excluding tert-OH is 2. The van der Waals surface area contributed by atoms with Gasteiger partial charge in [0.15, 0.2) is 0 Å². The van der Waals surface area contributed by atoms with Crippen LogP contribution in [-0.4, -0.2) is 65.5 Å². The molecule has 45 heavy (non-hydrogen) atoms. The molecule has 4 aromatic heterocycles. The van der Waals surface area contributed by atoms with Crippen molar-refractivity contribution < 1.29 is 19.8 Å². The molecule has 2 aliphatic carbocycles. The first-order valence-corrected chi connectivity index (χ1v) is 16.4. The number of amides is 2. The average Bonchev–Trinajstić information content (AvgIpc) is 3.66. The lowest BCUT2D eigenvalue weighted by atomic mass is 9.85. The number of aliphatic hydroxyl groups is 2. The van der Waals surface area contributed by atoms with E-state index in [9.17, 15) is 19.8 Å². The van der Waals surface area contributed by atoms with Crippen molar-refractivity contribution in [2.24, 2.45) is 28.0 Å². The zero-order valence-corrected chi connectivity index (χ0v) is 29.4. The van der Waals surface area contributed by atoms with Crippen LogP contribution >= 0.6 is 43.5 Å². The van der Waals surface area contributed by atoms with E-state index in [1.807, 2.05) is 40.0 Å². The first-order valence-electron chi connectivity index (χ1n) is 14.4. The lowest BCUT2D eigenvalue weighted by molar-refractivity contribution is 0.0718. The van der Waals surface area contributed by atoms with Crippen LogP contribution in [0.25, 0.3) is 11.0 Å². The third-order valence-corrected chi connectivity index (χ3v) is 10.3. The number of primary amides is 2. The highest BCUT2D eigenvalue weighted by atomic mass is 79.9. The van der Waals surface area contributed by atoms with Crippen molar-refractivity contribution in [3.05, 3.63) is 62.0 Å². The highest BCUT2D eigenvalue weighted by molar-refractivity contribution is 9.10. The number of carbonyl (C=O) groups excluding carboxylic acids is 2. The van der Waals surface area contributed by atoms with Crippen molar-refractivity contribution in [2.45, 2.75) is 77.7 Å². The lowest BCUT2D eigenvalue weighted by Gasteiger charge is -2.32. The zero-order valence-electron chi connectivity index (χ0n) is 25.5. The summed E-state index contributed by atoms with van der Waals surface area (Å²) in [5.74, 6) is -1.10. The van der Waals surface area contributed by atoms with Crippen LogP contribution in [0.4, 0.5) is 5.69 Å². The summed E-state index contributed by atoms with van der Waals surface area (Å²) < 4.78 is 4.97. The topological polar surface area (TPSA) is 199 Å². The van der Waals surface area contributed by atoms with E-state index in [0.717, 1.165) is 40.1 Å². The molecule has 15 heteroatoms. The quantitative estimate of drug-likeness (QED) is 0.174. The number of hydrogen-bond donors (Lipinski definition) is 6. The number of fused-ring (bicyclic) bond motifs is 2. The summed E-state index contributed by atoms with van der Waals surface area (Å²) in [6.45, 7) is 8.10. The van der Waals surface area contributed by atoms with E-state index in [1.54, 1.807) is 21.3 Å². The minimum absolute atomic E-state index is 0.0556. The van der Waals surface area contributed by atoms with Gasteiger partial charge in [-0.1, -0.05) is 39.3 Å². The minimum Gasteiger partial charge on any atom is -0.393 e. The molecule has 2 fully saturated rings. The van der Waals surface area contributed by atoms with Crippen LogP contribution in [0.5, 0.6) is 0 Å². The van der Waals surface area contributed by atoms with Gasteiger partial charge in [-0.05, 0) is 69.7 Å². The third kappa shape index (κ3) is 7.31. The summed E-state index contributed by atoms with van der Waals surface area (Å²) in [7, 11) is 0. The smallest absolute Gasteiger partial charge is 0.252 e. The number of nitrogens with one attached hydrogen (secondary N) is 1. The van der Waals surface area contributed by atoms with Crippen LogP contribution in [0.3, 0.4) is 0 Å². The normalized spacial score (nSPS) is 23.2. The maximum Gasteiger partial charge on any atom is 0.252 e. The van der Waals surface area contributed by atoms with Gasteiger partial charge in [-0.3, -0.25) is 9.59 Å². The van der Waals surface area contributed by atoms with Gasteiger partial charge < -0.3 is 32.7 Å². The van der Waals surface area contributed by atoms with E-state index in [2.05, 4.69) is 47.4 Å². The molecule has 4 atom stereocenters. The molecule has 6 rings (SSSR count). The molecule has 0 bridgehead atoms. The van der Waals surface area contributed by atoms with Gasteiger partial charge in [-0.15, -0.1) is 0 Å². The van der Waals surface area contributed by atoms with Crippen LogP contribution in [0.15, 0.2) is 45.9 Å². The van der Waals surface area contributed by atoms with Gasteiger partial charge >= 0.3 is 0 Å². The van der Waals surface area contributed by atoms with Crippen molar-refractivity contribution in [3.8, 4) is 0 Å². The molecule has 2 saturated carbocycles. The van der Waals surface area contributed by atoms with Gasteiger partial charge in [-0.25, -0.2) is 9.03 Å². The minimum atomic E-state index is -0.581. The Morgan fingerprint density at radius 2 is 1.36 bits per heavy atom. The molecule has 0 aliphatic heterocycles. The molecule has 2 aliphatic rings. The Morgan fingerprint density at radius 3 is 1.80 bits per heavy atom. The standard InChI is InChI=1S/C15H19BrN4O2.C8H5BrClN3O.C7H15NO/c1-15(2)11(3-4-12(15)21)19-13-9(14(17)22)6-18-20-7-8(16)5-10(13)20;9-4-1-6-7(10)5(8(11)14)2-12-13(6)3-4;1-7(2)5(8)3-4-6(7)9/h5-7,11-12,19,21H,3-4H2,1-2H3,(H2,17,22);1-3H,(H2,11,14);5-6,9H,3-4,8H2,1-2H3. The number of hydrogen-bond acceptors (Lipinski definition) is 8. The van der Waals surface area contributed by atoms with E-state index in [1.165, 1.54) is 12.4 Å². The molecule has 2 amide bonds. The van der Waals surface area contributed by atoms with Crippen molar-refractivity contribution in [1.29, 1.82) is 0 Å². The van der Waals surface area contributed by atoms with Crippen molar-refractivity contribution in [3.63, 3.8) is 0 Å². The Hall–Kier alpha value is -2.75. The Labute approximate surface area is 282 Å². The zero-order chi connectivity index (χ0) is 33.4. The first-order chi connectivity index (χ1) is 20.9. The maximum absolute atomic E-state index is 11.7. The Morgan fingerprint density at radius 1 is 0.867 bits per heavy atom. The van der Waals surface area contributed by atoms with Gasteiger partial charge in [0.2, 0.25) is 0 Å². The molecule has 4 unspecified atom stereocenters. The molecule has 4 heterocycles.